The number of amides is 1. The fourth-order valence-electron chi connectivity index (χ4n) is 2.19. The van der Waals surface area contributed by atoms with E-state index in [1.165, 1.54) is 0 Å². The third kappa shape index (κ3) is 5.00. The molecule has 8 nitrogen and oxygen atoms in total. The molecular weight excluding hydrogens is 334 g/mol. The van der Waals surface area contributed by atoms with Crippen LogP contribution in [0, 0.1) is 0 Å². The molecule has 2 rings (SSSR count). The van der Waals surface area contributed by atoms with Crippen molar-refractivity contribution in [3.63, 3.8) is 0 Å². The monoisotopic (exact) mass is 357 g/mol. The number of hydrogen-bond acceptors (Lipinski definition) is 6. The number of nitrogens with one attached hydrogen (secondary N) is 1. The van der Waals surface area contributed by atoms with Gasteiger partial charge in [0.2, 0.25) is 15.9 Å². The Morgan fingerprint density at radius 3 is 2.50 bits per heavy atom. The average Bonchev–Trinajstić information content (AvgIpc) is 2.50. The smallest absolute Gasteiger partial charge is 0.240 e. The lowest BCUT2D eigenvalue weighted by Crippen LogP contribution is -2.42. The molecule has 1 aromatic rings. The predicted octanol–water partition coefficient (Wildman–Crippen LogP) is -0.0984. The van der Waals surface area contributed by atoms with Gasteiger partial charge >= 0.3 is 0 Å². The highest BCUT2D eigenvalue weighted by Crippen LogP contribution is 2.34. The Kier molecular flexibility index (Phi) is 5.89. The second-order valence-electron chi connectivity index (χ2n) is 5.75. The number of likely N-dealkylation sites (N-methyl/N-ethyl adjacent to an activating group) is 1. The number of rotatable bonds is 7. The molecule has 0 saturated heterocycles. The highest BCUT2D eigenvalue weighted by Gasteiger charge is 2.23. The number of fused-ring (bicyclic) bond motifs is 1. The number of carbonyl (C=O) groups is 1. The van der Waals surface area contributed by atoms with E-state index < -0.39 is 10.0 Å². The first-order valence-corrected chi connectivity index (χ1v) is 9.41. The molecule has 1 aliphatic heterocycles. The molecule has 1 amide bonds. The lowest BCUT2D eigenvalue weighted by atomic mass is 10.2. The van der Waals surface area contributed by atoms with E-state index in [-0.39, 0.29) is 12.5 Å². The van der Waals surface area contributed by atoms with Crippen molar-refractivity contribution in [2.75, 3.05) is 57.5 Å². The topological polar surface area (TPSA) is 88.2 Å². The molecule has 0 radical (unpaired) electrons. The first kappa shape index (κ1) is 18.3. The maximum absolute atomic E-state index is 12.1. The van der Waals surface area contributed by atoms with Crippen LogP contribution in [0.3, 0.4) is 0 Å². The first-order valence-electron chi connectivity index (χ1n) is 7.56. The lowest BCUT2D eigenvalue weighted by molar-refractivity contribution is -0.119. The fourth-order valence-corrected chi connectivity index (χ4v) is 3.04. The number of ether oxygens (including phenoxy) is 2. The van der Waals surface area contributed by atoms with Crippen molar-refractivity contribution in [2.45, 2.75) is 0 Å². The van der Waals surface area contributed by atoms with Crippen molar-refractivity contribution in [1.82, 2.24) is 10.2 Å². The zero-order chi connectivity index (χ0) is 17.7. The van der Waals surface area contributed by atoms with E-state index in [9.17, 15) is 13.2 Å². The summed E-state index contributed by atoms with van der Waals surface area (Å²) < 4.78 is 36.1. The van der Waals surface area contributed by atoms with Gasteiger partial charge in [-0.3, -0.25) is 9.10 Å². The van der Waals surface area contributed by atoms with E-state index in [1.807, 2.05) is 19.0 Å². The first-order chi connectivity index (χ1) is 11.3. The third-order valence-corrected chi connectivity index (χ3v) is 4.52. The van der Waals surface area contributed by atoms with Gasteiger partial charge < -0.3 is 19.7 Å². The van der Waals surface area contributed by atoms with E-state index in [0.29, 0.717) is 43.5 Å². The van der Waals surface area contributed by atoms with Gasteiger partial charge in [-0.1, -0.05) is 0 Å². The van der Waals surface area contributed by atoms with E-state index in [4.69, 9.17) is 9.47 Å². The Morgan fingerprint density at radius 1 is 1.21 bits per heavy atom. The molecular formula is C15H23N3O5S. The highest BCUT2D eigenvalue weighted by atomic mass is 32.2. The fraction of sp³-hybridized carbons (Fsp3) is 0.533. The average molecular weight is 357 g/mol. The maximum Gasteiger partial charge on any atom is 0.240 e. The van der Waals surface area contributed by atoms with Gasteiger partial charge in [-0.05, 0) is 26.2 Å². The van der Waals surface area contributed by atoms with Crippen LogP contribution in [0.1, 0.15) is 0 Å². The summed E-state index contributed by atoms with van der Waals surface area (Å²) in [6.45, 7) is 1.70. The Morgan fingerprint density at radius 2 is 1.88 bits per heavy atom. The second-order valence-corrected chi connectivity index (χ2v) is 7.66. The van der Waals surface area contributed by atoms with Crippen LogP contribution in [0.4, 0.5) is 5.69 Å². The van der Waals surface area contributed by atoms with Gasteiger partial charge in [-0.15, -0.1) is 0 Å². The molecule has 0 atom stereocenters. The number of carbonyl (C=O) groups excluding carboxylic acids is 1. The molecule has 0 aliphatic carbocycles. The molecule has 0 aromatic heterocycles. The van der Waals surface area contributed by atoms with E-state index >= 15 is 0 Å². The minimum Gasteiger partial charge on any atom is -0.486 e. The van der Waals surface area contributed by atoms with Gasteiger partial charge in [-0.25, -0.2) is 8.42 Å². The number of hydrogen-bond donors (Lipinski definition) is 1. The van der Waals surface area contributed by atoms with Crippen LogP contribution in [0.15, 0.2) is 18.2 Å². The predicted molar refractivity (Wildman–Crippen MR) is 91.2 cm³/mol. The number of anilines is 1. The second kappa shape index (κ2) is 7.71. The summed E-state index contributed by atoms with van der Waals surface area (Å²) in [5, 5.41) is 2.71. The quantitative estimate of drug-likeness (QED) is 0.733. The maximum atomic E-state index is 12.1. The van der Waals surface area contributed by atoms with E-state index in [1.54, 1.807) is 18.2 Å². The van der Waals surface area contributed by atoms with Crippen molar-refractivity contribution in [3.8, 4) is 11.5 Å². The molecule has 9 heteroatoms. The SMILES string of the molecule is CN(C)CCNC(=O)CN(c1ccc2c(c1)OCCO2)S(C)(=O)=O. The van der Waals surface area contributed by atoms with Crippen molar-refractivity contribution in [2.24, 2.45) is 0 Å². The summed E-state index contributed by atoms with van der Waals surface area (Å²) in [5.41, 5.74) is 0.365. The van der Waals surface area contributed by atoms with Gasteiger partial charge in [0.05, 0.1) is 11.9 Å². The van der Waals surface area contributed by atoms with Gasteiger partial charge in [0, 0.05) is 19.2 Å². The molecule has 134 valence electrons. The van der Waals surface area contributed by atoms with Crippen molar-refractivity contribution in [1.29, 1.82) is 0 Å². The molecule has 1 N–H and O–H groups in total. The van der Waals surface area contributed by atoms with E-state index in [2.05, 4.69) is 5.32 Å². The van der Waals surface area contributed by atoms with Crippen LogP contribution in [0.25, 0.3) is 0 Å². The molecule has 0 saturated carbocycles. The number of benzene rings is 1. The molecule has 0 fully saturated rings. The Hall–Kier alpha value is -2.00. The van der Waals surface area contributed by atoms with Crippen LogP contribution in [0.2, 0.25) is 0 Å². The zero-order valence-electron chi connectivity index (χ0n) is 14.1. The summed E-state index contributed by atoms with van der Waals surface area (Å²) in [4.78, 5) is 14.0. The van der Waals surface area contributed by atoms with Gasteiger partial charge in [0.15, 0.2) is 11.5 Å². The lowest BCUT2D eigenvalue weighted by Gasteiger charge is -2.24. The van der Waals surface area contributed by atoms with Gasteiger partial charge in [0.25, 0.3) is 0 Å². The summed E-state index contributed by atoms with van der Waals surface area (Å²) >= 11 is 0. The van der Waals surface area contributed by atoms with Crippen molar-refractivity contribution >= 4 is 21.6 Å². The number of nitrogens with zero attached hydrogens (tertiary/aromatic N) is 2. The molecule has 0 spiro atoms. The molecule has 0 unspecified atom stereocenters. The minimum atomic E-state index is -3.62. The molecule has 1 heterocycles. The summed E-state index contributed by atoms with van der Waals surface area (Å²) in [6, 6.07) is 4.82. The van der Waals surface area contributed by atoms with Crippen molar-refractivity contribution in [3.05, 3.63) is 18.2 Å². The molecule has 24 heavy (non-hydrogen) atoms. The van der Waals surface area contributed by atoms with Crippen LogP contribution >= 0.6 is 0 Å². The largest absolute Gasteiger partial charge is 0.486 e. The van der Waals surface area contributed by atoms with Gasteiger partial charge in [0.1, 0.15) is 19.8 Å². The molecule has 0 bridgehead atoms. The van der Waals surface area contributed by atoms with E-state index in [0.717, 1.165) is 10.6 Å². The van der Waals surface area contributed by atoms with Crippen LogP contribution in [-0.2, 0) is 14.8 Å². The summed E-state index contributed by atoms with van der Waals surface area (Å²) in [5.74, 6) is 0.673. The number of sulfonamides is 1. The van der Waals surface area contributed by atoms with Crippen LogP contribution in [-0.4, -0.2) is 72.4 Å². The Bertz CT molecular complexity index is 690. The van der Waals surface area contributed by atoms with Crippen molar-refractivity contribution < 1.29 is 22.7 Å². The summed E-state index contributed by atoms with van der Waals surface area (Å²) in [6.07, 6.45) is 1.07. The van der Waals surface area contributed by atoms with Crippen LogP contribution in [0.5, 0.6) is 11.5 Å². The zero-order valence-corrected chi connectivity index (χ0v) is 14.9. The van der Waals surface area contributed by atoms with Gasteiger partial charge in [-0.2, -0.15) is 0 Å². The molecule has 1 aliphatic rings. The third-order valence-electron chi connectivity index (χ3n) is 3.38. The summed E-state index contributed by atoms with van der Waals surface area (Å²) in [7, 11) is 0.171. The normalized spacial score (nSPS) is 13.7. The standard InChI is InChI=1S/C15H23N3O5S/c1-17(2)7-6-16-15(19)11-18(24(3,20)21)12-4-5-13-14(10-12)23-9-8-22-13/h4-5,10H,6-9,11H2,1-3H3,(H,16,19). The molecule has 1 aromatic carbocycles. The Labute approximate surface area is 142 Å². The highest BCUT2D eigenvalue weighted by molar-refractivity contribution is 7.92. The Balaban J connectivity index is 2.13. The minimum absolute atomic E-state index is 0.286. The van der Waals surface area contributed by atoms with Crippen LogP contribution < -0.4 is 19.1 Å².